The Balaban J connectivity index is 1.63. The van der Waals surface area contributed by atoms with Crippen LogP contribution in [0.4, 0.5) is 0 Å². The second-order valence-electron chi connectivity index (χ2n) is 6.84. The molecule has 4 heteroatoms. The summed E-state index contributed by atoms with van der Waals surface area (Å²) in [6, 6.07) is 13.1. The lowest BCUT2D eigenvalue weighted by atomic mass is 9.87. The minimum absolute atomic E-state index is 0.00545. The largest absolute Gasteiger partial charge is 0.486 e. The lowest BCUT2D eigenvalue weighted by Crippen LogP contribution is -2.17. The first-order valence-electron chi connectivity index (χ1n) is 8.10. The average molecular weight is 326 g/mol. The number of rotatable bonds is 4. The van der Waals surface area contributed by atoms with Crippen molar-refractivity contribution in [3.63, 3.8) is 0 Å². The first kappa shape index (κ1) is 16.4. The van der Waals surface area contributed by atoms with Crippen LogP contribution in [0.1, 0.15) is 36.7 Å². The van der Waals surface area contributed by atoms with Gasteiger partial charge in [0.1, 0.15) is 19.0 Å². The van der Waals surface area contributed by atoms with Crippen molar-refractivity contribution in [2.24, 2.45) is 0 Å². The number of carbonyl (C=O) groups is 1. The van der Waals surface area contributed by atoms with Gasteiger partial charge in [-0.05, 0) is 41.3 Å². The topological polar surface area (TPSA) is 44.8 Å². The van der Waals surface area contributed by atoms with Gasteiger partial charge in [-0.2, -0.15) is 0 Å². The molecule has 0 radical (unpaired) electrons. The van der Waals surface area contributed by atoms with Gasteiger partial charge >= 0.3 is 0 Å². The Labute approximate surface area is 142 Å². The van der Waals surface area contributed by atoms with Gasteiger partial charge in [-0.3, -0.25) is 4.79 Å². The van der Waals surface area contributed by atoms with Gasteiger partial charge in [0.25, 0.3) is 0 Å². The molecule has 0 unspecified atom stereocenters. The minimum Gasteiger partial charge on any atom is -0.486 e. The van der Waals surface area contributed by atoms with E-state index in [9.17, 15) is 4.79 Å². The normalized spacial score (nSPS) is 13.5. The molecule has 0 bridgehead atoms. The molecule has 0 fully saturated rings. The van der Waals surface area contributed by atoms with Crippen LogP contribution in [-0.2, 0) is 5.41 Å². The maximum Gasteiger partial charge on any atom is 0.200 e. The Hall–Kier alpha value is -2.49. The summed E-state index contributed by atoms with van der Waals surface area (Å²) in [5.74, 6) is 1.89. The number of benzene rings is 2. The Morgan fingerprint density at radius 2 is 1.67 bits per heavy atom. The highest BCUT2D eigenvalue weighted by atomic mass is 16.6. The molecule has 4 nitrogen and oxygen atoms in total. The molecule has 0 amide bonds. The quantitative estimate of drug-likeness (QED) is 0.796. The molecule has 0 saturated heterocycles. The molecule has 0 atom stereocenters. The second-order valence-corrected chi connectivity index (χ2v) is 6.84. The van der Waals surface area contributed by atoms with Crippen LogP contribution in [0.2, 0.25) is 0 Å². The van der Waals surface area contributed by atoms with Crippen LogP contribution < -0.4 is 14.2 Å². The molecule has 2 aromatic rings. The maximum atomic E-state index is 12.3. The van der Waals surface area contributed by atoms with E-state index in [4.69, 9.17) is 14.2 Å². The second kappa shape index (κ2) is 6.56. The van der Waals surface area contributed by atoms with Crippen LogP contribution >= 0.6 is 0 Å². The third kappa shape index (κ3) is 3.70. The van der Waals surface area contributed by atoms with Crippen molar-refractivity contribution in [1.29, 1.82) is 0 Å². The molecular weight excluding hydrogens is 304 g/mol. The fourth-order valence-corrected chi connectivity index (χ4v) is 2.50. The molecular formula is C20H22O4. The SMILES string of the molecule is CC(C)(C)c1ccc(OCC(=O)c2ccc3c(c2)OCCO3)cc1. The number of hydrogen-bond donors (Lipinski definition) is 0. The van der Waals surface area contributed by atoms with E-state index >= 15 is 0 Å². The summed E-state index contributed by atoms with van der Waals surface area (Å²) in [6.07, 6.45) is 0. The van der Waals surface area contributed by atoms with Crippen molar-refractivity contribution in [3.05, 3.63) is 53.6 Å². The van der Waals surface area contributed by atoms with Crippen molar-refractivity contribution in [2.45, 2.75) is 26.2 Å². The molecule has 0 spiro atoms. The number of ether oxygens (including phenoxy) is 3. The van der Waals surface area contributed by atoms with Crippen LogP contribution in [0.25, 0.3) is 0 Å². The molecule has 3 rings (SSSR count). The van der Waals surface area contributed by atoms with E-state index in [-0.39, 0.29) is 17.8 Å². The average Bonchev–Trinajstić information content (AvgIpc) is 2.59. The number of Topliss-reactive ketones (excluding diaryl/α,β-unsaturated/α-hetero) is 1. The van der Waals surface area contributed by atoms with Crippen LogP contribution in [0.15, 0.2) is 42.5 Å². The molecule has 1 heterocycles. The predicted octanol–water partition coefficient (Wildman–Crippen LogP) is 4.02. The molecule has 24 heavy (non-hydrogen) atoms. The Morgan fingerprint density at radius 3 is 2.33 bits per heavy atom. The number of fused-ring (bicyclic) bond motifs is 1. The van der Waals surface area contributed by atoms with E-state index in [0.717, 1.165) is 0 Å². The van der Waals surface area contributed by atoms with Crippen LogP contribution in [0.5, 0.6) is 17.2 Å². The summed E-state index contributed by atoms with van der Waals surface area (Å²) < 4.78 is 16.6. The zero-order chi connectivity index (χ0) is 17.2. The van der Waals surface area contributed by atoms with Gasteiger partial charge in [0.15, 0.2) is 23.9 Å². The molecule has 1 aliphatic rings. The standard InChI is InChI=1S/C20H22O4/c1-20(2,3)15-5-7-16(8-6-15)24-13-17(21)14-4-9-18-19(12-14)23-11-10-22-18/h4-9,12H,10-11,13H2,1-3H3. The molecule has 0 N–H and O–H groups in total. The van der Waals surface area contributed by atoms with E-state index in [1.54, 1.807) is 18.2 Å². The maximum absolute atomic E-state index is 12.3. The van der Waals surface area contributed by atoms with Gasteiger partial charge in [-0.1, -0.05) is 32.9 Å². The number of ketones is 1. The molecule has 0 saturated carbocycles. The Kier molecular flexibility index (Phi) is 4.47. The summed E-state index contributed by atoms with van der Waals surface area (Å²) in [7, 11) is 0. The first-order valence-corrected chi connectivity index (χ1v) is 8.10. The van der Waals surface area contributed by atoms with E-state index in [0.29, 0.717) is 36.0 Å². The van der Waals surface area contributed by atoms with E-state index in [1.165, 1.54) is 5.56 Å². The minimum atomic E-state index is -0.0909. The first-order chi connectivity index (χ1) is 11.4. The molecule has 0 aliphatic carbocycles. The fourth-order valence-electron chi connectivity index (χ4n) is 2.50. The number of carbonyl (C=O) groups excluding carboxylic acids is 1. The van der Waals surface area contributed by atoms with Gasteiger partial charge in [0, 0.05) is 5.56 Å². The van der Waals surface area contributed by atoms with Crippen molar-refractivity contribution >= 4 is 5.78 Å². The lowest BCUT2D eigenvalue weighted by Gasteiger charge is -2.19. The third-order valence-electron chi connectivity index (χ3n) is 3.95. The van der Waals surface area contributed by atoms with E-state index < -0.39 is 0 Å². The Bertz CT molecular complexity index is 726. The lowest BCUT2D eigenvalue weighted by molar-refractivity contribution is 0.0920. The summed E-state index contributed by atoms with van der Waals surface area (Å²) in [4.78, 5) is 12.3. The zero-order valence-electron chi connectivity index (χ0n) is 14.3. The highest BCUT2D eigenvalue weighted by molar-refractivity contribution is 5.97. The van der Waals surface area contributed by atoms with Gasteiger partial charge in [0.05, 0.1) is 0 Å². The molecule has 1 aliphatic heterocycles. The van der Waals surface area contributed by atoms with E-state index in [1.807, 2.05) is 24.3 Å². The van der Waals surface area contributed by atoms with Crippen LogP contribution in [0, 0.1) is 0 Å². The van der Waals surface area contributed by atoms with E-state index in [2.05, 4.69) is 20.8 Å². The summed E-state index contributed by atoms with van der Waals surface area (Å²) in [5, 5.41) is 0. The Morgan fingerprint density at radius 1 is 1.00 bits per heavy atom. The van der Waals surface area contributed by atoms with Crippen molar-refractivity contribution in [1.82, 2.24) is 0 Å². The zero-order valence-corrected chi connectivity index (χ0v) is 14.3. The molecule has 2 aromatic carbocycles. The monoisotopic (exact) mass is 326 g/mol. The third-order valence-corrected chi connectivity index (χ3v) is 3.95. The number of hydrogen-bond acceptors (Lipinski definition) is 4. The van der Waals surface area contributed by atoms with Crippen molar-refractivity contribution < 1.29 is 19.0 Å². The van der Waals surface area contributed by atoms with Gasteiger partial charge in [-0.25, -0.2) is 0 Å². The highest BCUT2D eigenvalue weighted by Gasteiger charge is 2.16. The van der Waals surface area contributed by atoms with Crippen molar-refractivity contribution in [2.75, 3.05) is 19.8 Å². The molecule has 0 aromatic heterocycles. The van der Waals surface area contributed by atoms with Gasteiger partial charge in [0.2, 0.25) is 0 Å². The fraction of sp³-hybridized carbons (Fsp3) is 0.350. The highest BCUT2D eigenvalue weighted by Crippen LogP contribution is 2.31. The smallest absolute Gasteiger partial charge is 0.200 e. The van der Waals surface area contributed by atoms with Gasteiger partial charge < -0.3 is 14.2 Å². The van der Waals surface area contributed by atoms with Crippen molar-refractivity contribution in [3.8, 4) is 17.2 Å². The predicted molar refractivity (Wildman–Crippen MR) is 92.4 cm³/mol. The summed E-state index contributed by atoms with van der Waals surface area (Å²) in [6.45, 7) is 7.51. The van der Waals surface area contributed by atoms with Gasteiger partial charge in [-0.15, -0.1) is 0 Å². The van der Waals surface area contributed by atoms with Crippen LogP contribution in [-0.4, -0.2) is 25.6 Å². The van der Waals surface area contributed by atoms with Crippen LogP contribution in [0.3, 0.4) is 0 Å². The molecule has 126 valence electrons. The summed E-state index contributed by atoms with van der Waals surface area (Å²) >= 11 is 0. The summed E-state index contributed by atoms with van der Waals surface area (Å²) in [5.41, 5.74) is 1.89.